The van der Waals surface area contributed by atoms with E-state index in [1.54, 1.807) is 37.6 Å². The van der Waals surface area contributed by atoms with Gasteiger partial charge < -0.3 is 14.8 Å². The van der Waals surface area contributed by atoms with Gasteiger partial charge in [-0.2, -0.15) is 5.26 Å². The number of hydrogen-bond acceptors (Lipinski definition) is 6. The summed E-state index contributed by atoms with van der Waals surface area (Å²) in [6, 6.07) is 5.41. The number of nitriles is 1. The van der Waals surface area contributed by atoms with Crippen molar-refractivity contribution in [3.63, 3.8) is 0 Å². The minimum absolute atomic E-state index is 0.217. The Labute approximate surface area is 180 Å². The number of carbonyl (C=O) groups is 1. The van der Waals surface area contributed by atoms with E-state index < -0.39 is 0 Å². The van der Waals surface area contributed by atoms with Crippen LogP contribution in [0.3, 0.4) is 0 Å². The highest BCUT2D eigenvalue weighted by atomic mass is 16.5. The molecule has 1 amide bonds. The van der Waals surface area contributed by atoms with E-state index in [0.29, 0.717) is 47.8 Å². The van der Waals surface area contributed by atoms with Crippen LogP contribution in [-0.4, -0.2) is 48.0 Å². The molecule has 0 radical (unpaired) electrons. The first kappa shape index (κ1) is 22.1. The molecule has 1 aliphatic rings. The van der Waals surface area contributed by atoms with E-state index in [1.807, 2.05) is 0 Å². The molecule has 2 heterocycles. The van der Waals surface area contributed by atoms with Crippen LogP contribution in [0.2, 0.25) is 0 Å². The normalized spacial score (nSPS) is 15.6. The molecule has 1 unspecified atom stereocenters. The number of aromatic amines is 1. The van der Waals surface area contributed by atoms with Gasteiger partial charge in [0.2, 0.25) is 0 Å². The highest BCUT2D eigenvalue weighted by molar-refractivity contribution is 5.93. The maximum Gasteiger partial charge on any atom is 0.280 e. The predicted octanol–water partition coefficient (Wildman–Crippen LogP) is 2.17. The van der Waals surface area contributed by atoms with Crippen molar-refractivity contribution in [2.24, 2.45) is 5.92 Å². The number of amides is 1. The Balaban J connectivity index is 1.74. The van der Waals surface area contributed by atoms with E-state index in [-0.39, 0.29) is 17.4 Å². The maximum absolute atomic E-state index is 12.9. The van der Waals surface area contributed by atoms with Crippen LogP contribution in [0.1, 0.15) is 35.2 Å². The van der Waals surface area contributed by atoms with Gasteiger partial charge in [0.25, 0.3) is 11.5 Å². The van der Waals surface area contributed by atoms with Gasteiger partial charge in [-0.15, -0.1) is 0 Å². The summed E-state index contributed by atoms with van der Waals surface area (Å²) in [5.74, 6) is 0.454. The van der Waals surface area contributed by atoms with Crippen molar-refractivity contribution in [3.8, 4) is 11.9 Å². The van der Waals surface area contributed by atoms with Crippen molar-refractivity contribution in [1.82, 2.24) is 20.1 Å². The Morgan fingerprint density at radius 1 is 1.39 bits per heavy atom. The standard InChI is InChI=1S/C22H25N5O4/c1-30-10-4-3-9-24-21(28)16-6-8-20(25-13-16)27-22(29)18(14-26-27)17-7-5-15(12-23)11-19(17)31-2/h5-8,13-15,26H,3-4,9-11H2,1-2H3,(H,24,28). The Kier molecular flexibility index (Phi) is 7.40. The number of methoxy groups -OCH3 is 2. The minimum atomic E-state index is -0.299. The number of rotatable bonds is 9. The number of aromatic nitrogens is 3. The zero-order valence-corrected chi connectivity index (χ0v) is 17.6. The molecule has 31 heavy (non-hydrogen) atoms. The highest BCUT2D eigenvalue weighted by Crippen LogP contribution is 2.29. The molecular weight excluding hydrogens is 398 g/mol. The van der Waals surface area contributed by atoms with Gasteiger partial charge in [-0.1, -0.05) is 12.2 Å². The summed E-state index contributed by atoms with van der Waals surface area (Å²) in [5.41, 5.74) is 1.17. The summed E-state index contributed by atoms with van der Waals surface area (Å²) >= 11 is 0. The fourth-order valence-corrected chi connectivity index (χ4v) is 3.27. The Bertz CT molecular complexity index is 1070. The molecule has 9 nitrogen and oxygen atoms in total. The van der Waals surface area contributed by atoms with Gasteiger partial charge in [0.05, 0.1) is 30.2 Å². The molecule has 0 aliphatic heterocycles. The van der Waals surface area contributed by atoms with E-state index in [4.69, 9.17) is 14.7 Å². The lowest BCUT2D eigenvalue weighted by Crippen LogP contribution is -2.25. The number of allylic oxidation sites excluding steroid dienone is 4. The first-order valence-electron chi connectivity index (χ1n) is 9.98. The predicted molar refractivity (Wildman–Crippen MR) is 114 cm³/mol. The molecular formula is C22H25N5O4. The molecule has 0 saturated heterocycles. The summed E-state index contributed by atoms with van der Waals surface area (Å²) in [4.78, 5) is 29.4. The maximum atomic E-state index is 12.9. The van der Waals surface area contributed by atoms with Crippen molar-refractivity contribution in [1.29, 1.82) is 5.26 Å². The number of pyridine rings is 1. The first-order chi connectivity index (χ1) is 15.1. The minimum Gasteiger partial charge on any atom is -0.500 e. The second-order valence-electron chi connectivity index (χ2n) is 7.03. The molecule has 0 spiro atoms. The summed E-state index contributed by atoms with van der Waals surface area (Å²) in [5, 5.41) is 14.9. The Hall–Kier alpha value is -3.64. The monoisotopic (exact) mass is 423 g/mol. The largest absolute Gasteiger partial charge is 0.500 e. The van der Waals surface area contributed by atoms with E-state index in [9.17, 15) is 9.59 Å². The van der Waals surface area contributed by atoms with Gasteiger partial charge in [0.15, 0.2) is 5.82 Å². The Morgan fingerprint density at radius 2 is 2.23 bits per heavy atom. The van der Waals surface area contributed by atoms with Crippen molar-refractivity contribution < 1.29 is 14.3 Å². The van der Waals surface area contributed by atoms with Gasteiger partial charge >= 0.3 is 0 Å². The molecule has 9 heteroatoms. The number of nitrogens with zero attached hydrogens (tertiary/aromatic N) is 3. The molecule has 0 fully saturated rings. The molecule has 162 valence electrons. The van der Waals surface area contributed by atoms with Gasteiger partial charge in [0.1, 0.15) is 5.76 Å². The molecule has 2 aromatic heterocycles. The van der Waals surface area contributed by atoms with Crippen molar-refractivity contribution in [2.45, 2.75) is 19.3 Å². The lowest BCUT2D eigenvalue weighted by molar-refractivity contribution is 0.0951. The smallest absolute Gasteiger partial charge is 0.280 e. The number of hydrogen-bond donors (Lipinski definition) is 2. The highest BCUT2D eigenvalue weighted by Gasteiger charge is 2.21. The third-order valence-electron chi connectivity index (χ3n) is 4.97. The quantitative estimate of drug-likeness (QED) is 0.596. The van der Waals surface area contributed by atoms with Crippen molar-refractivity contribution >= 4 is 11.5 Å². The number of ether oxygens (including phenoxy) is 2. The third-order valence-corrected chi connectivity index (χ3v) is 4.97. The molecule has 2 N–H and O–H groups in total. The van der Waals surface area contributed by atoms with Gasteiger partial charge in [0, 0.05) is 44.6 Å². The van der Waals surface area contributed by atoms with Gasteiger partial charge in [-0.25, -0.2) is 9.67 Å². The second kappa shape index (κ2) is 10.4. The van der Waals surface area contributed by atoms with Crippen LogP contribution >= 0.6 is 0 Å². The SMILES string of the molecule is COCCCCNC(=O)c1ccc(-n2[nH]cc(C3=C(OC)CC(C#N)C=C3)c2=O)nc1. The average Bonchev–Trinajstić information content (AvgIpc) is 3.19. The summed E-state index contributed by atoms with van der Waals surface area (Å²) in [6.45, 7) is 1.22. The van der Waals surface area contributed by atoms with E-state index in [0.717, 1.165) is 12.8 Å². The summed E-state index contributed by atoms with van der Waals surface area (Å²) < 4.78 is 11.7. The van der Waals surface area contributed by atoms with Crippen LogP contribution in [0, 0.1) is 17.2 Å². The molecule has 0 saturated carbocycles. The van der Waals surface area contributed by atoms with Crippen molar-refractivity contribution in [3.05, 3.63) is 63.9 Å². The molecule has 0 aromatic carbocycles. The molecule has 2 aromatic rings. The molecule has 0 bridgehead atoms. The van der Waals surface area contributed by atoms with Crippen LogP contribution in [0.4, 0.5) is 0 Å². The zero-order chi connectivity index (χ0) is 22.2. The van der Waals surface area contributed by atoms with Gasteiger partial charge in [-0.05, 0) is 25.0 Å². The average molecular weight is 423 g/mol. The van der Waals surface area contributed by atoms with E-state index in [1.165, 1.54) is 18.0 Å². The van der Waals surface area contributed by atoms with E-state index >= 15 is 0 Å². The first-order valence-corrected chi connectivity index (χ1v) is 9.98. The van der Waals surface area contributed by atoms with Crippen molar-refractivity contribution in [2.75, 3.05) is 27.4 Å². The lowest BCUT2D eigenvalue weighted by Gasteiger charge is -2.16. The van der Waals surface area contributed by atoms with Crippen LogP contribution in [0.5, 0.6) is 0 Å². The van der Waals surface area contributed by atoms with Gasteiger partial charge in [-0.3, -0.25) is 14.7 Å². The van der Waals surface area contributed by atoms with Crippen LogP contribution in [-0.2, 0) is 9.47 Å². The van der Waals surface area contributed by atoms with Crippen LogP contribution < -0.4 is 10.9 Å². The fraction of sp³-hybridized carbons (Fsp3) is 0.364. The number of H-pyrrole nitrogens is 1. The van der Waals surface area contributed by atoms with E-state index in [2.05, 4.69) is 21.5 Å². The third kappa shape index (κ3) is 5.10. The molecule has 3 rings (SSSR count). The lowest BCUT2D eigenvalue weighted by atomic mass is 9.93. The fourth-order valence-electron chi connectivity index (χ4n) is 3.27. The molecule has 1 aliphatic carbocycles. The topological polar surface area (TPSA) is 122 Å². The Morgan fingerprint density at radius 3 is 2.90 bits per heavy atom. The number of carbonyl (C=O) groups excluding carboxylic acids is 1. The second-order valence-corrected chi connectivity index (χ2v) is 7.03. The zero-order valence-electron chi connectivity index (χ0n) is 17.6. The van der Waals surface area contributed by atoms with Crippen LogP contribution in [0.15, 0.2) is 47.2 Å². The summed E-state index contributed by atoms with van der Waals surface area (Å²) in [7, 11) is 3.17. The molecule has 1 atom stereocenters. The summed E-state index contributed by atoms with van der Waals surface area (Å²) in [6.07, 6.45) is 8.63. The van der Waals surface area contributed by atoms with Crippen LogP contribution in [0.25, 0.3) is 11.4 Å². The number of nitrogens with one attached hydrogen (secondary N) is 2. The number of unbranched alkanes of at least 4 members (excludes halogenated alkanes) is 1.